The van der Waals surface area contributed by atoms with E-state index in [9.17, 15) is 18.8 Å². The minimum absolute atomic E-state index is 0.0712. The average molecular weight is 457 g/mol. The number of quaternary nitrogens is 1. The largest absolute Gasteiger partial charge is 0.461 e. The molecule has 1 aromatic carbocycles. The Hall–Kier alpha value is -3.66. The van der Waals surface area contributed by atoms with Crippen molar-refractivity contribution >= 4 is 34.4 Å². The molecule has 0 radical (unpaired) electrons. The second-order valence-electron chi connectivity index (χ2n) is 7.92. The molecule has 0 spiro atoms. The number of benzene rings is 1. The van der Waals surface area contributed by atoms with Gasteiger partial charge in [0.05, 0.1) is 44.7 Å². The first-order valence-electron chi connectivity index (χ1n) is 10.9. The van der Waals surface area contributed by atoms with Crippen LogP contribution in [0.2, 0.25) is 0 Å². The summed E-state index contributed by atoms with van der Waals surface area (Å²) in [5.74, 6) is -1.30. The quantitative estimate of drug-likeness (QED) is 0.486. The van der Waals surface area contributed by atoms with Crippen molar-refractivity contribution in [2.24, 2.45) is 0 Å². The fraction of sp³-hybridized carbons (Fsp3) is 0.348. The van der Waals surface area contributed by atoms with Crippen molar-refractivity contribution in [3.8, 4) is 0 Å². The van der Waals surface area contributed by atoms with Crippen LogP contribution in [0.3, 0.4) is 0 Å². The fourth-order valence-electron chi connectivity index (χ4n) is 4.05. The number of halogens is 1. The number of hydrogen-bond acceptors (Lipinski definition) is 5. The molecule has 2 amide bonds. The van der Waals surface area contributed by atoms with Crippen molar-refractivity contribution in [1.29, 1.82) is 0 Å². The summed E-state index contributed by atoms with van der Waals surface area (Å²) in [7, 11) is 0. The van der Waals surface area contributed by atoms with Gasteiger partial charge in [0.15, 0.2) is 11.8 Å². The number of amides is 2. The molecule has 33 heavy (non-hydrogen) atoms. The lowest BCUT2D eigenvalue weighted by Crippen LogP contribution is -3.19. The molecule has 1 aliphatic rings. The first kappa shape index (κ1) is 22.5. The zero-order chi connectivity index (χ0) is 23.5. The van der Waals surface area contributed by atoms with Crippen molar-refractivity contribution in [2.75, 3.05) is 38.1 Å². The summed E-state index contributed by atoms with van der Waals surface area (Å²) in [6, 6.07) is 6.88. The van der Waals surface area contributed by atoms with Crippen molar-refractivity contribution in [2.45, 2.75) is 19.9 Å². The smallest absolute Gasteiger partial charge is 0.356 e. The molecule has 2 aromatic heterocycles. The van der Waals surface area contributed by atoms with E-state index in [2.05, 4.69) is 10.3 Å². The Morgan fingerprint density at radius 3 is 2.70 bits per heavy atom. The molecule has 4 rings (SSSR count). The maximum absolute atomic E-state index is 13.9. The molecule has 3 aromatic rings. The molecular weight excluding hydrogens is 431 g/mol. The van der Waals surface area contributed by atoms with E-state index in [1.807, 2.05) is 0 Å². The number of piperazine rings is 1. The lowest BCUT2D eigenvalue weighted by molar-refractivity contribution is -0.917. The summed E-state index contributed by atoms with van der Waals surface area (Å²) in [5, 5.41) is 3.19. The number of esters is 1. The summed E-state index contributed by atoms with van der Waals surface area (Å²) < 4.78 is 24.1. The van der Waals surface area contributed by atoms with Gasteiger partial charge in [0.1, 0.15) is 11.5 Å². The van der Waals surface area contributed by atoms with Gasteiger partial charge in [0, 0.05) is 10.9 Å². The van der Waals surface area contributed by atoms with Gasteiger partial charge in [-0.25, -0.2) is 9.18 Å². The molecule has 0 saturated carbocycles. The van der Waals surface area contributed by atoms with Gasteiger partial charge >= 0.3 is 5.97 Å². The van der Waals surface area contributed by atoms with Crippen LogP contribution in [0.4, 0.5) is 10.1 Å². The third kappa shape index (κ3) is 4.61. The Morgan fingerprint density at radius 1 is 1.27 bits per heavy atom. The Morgan fingerprint density at radius 2 is 2.03 bits per heavy atom. The monoisotopic (exact) mass is 457 g/mol. The van der Waals surface area contributed by atoms with Gasteiger partial charge in [0.25, 0.3) is 11.8 Å². The summed E-state index contributed by atoms with van der Waals surface area (Å²) in [6.07, 6.45) is 1.46. The zero-order valence-electron chi connectivity index (χ0n) is 18.4. The van der Waals surface area contributed by atoms with E-state index in [-0.39, 0.29) is 29.8 Å². The predicted octanol–water partition coefficient (Wildman–Crippen LogP) is 1.44. The topological polar surface area (TPSA) is 109 Å². The lowest BCUT2D eigenvalue weighted by atomic mass is 10.1. The molecule has 1 atom stereocenters. The van der Waals surface area contributed by atoms with Gasteiger partial charge in [-0.15, -0.1) is 0 Å². The van der Waals surface area contributed by atoms with Gasteiger partial charge in [-0.3, -0.25) is 9.59 Å². The number of carbonyl (C=O) groups excluding carboxylic acids is 3. The highest BCUT2D eigenvalue weighted by molar-refractivity contribution is 6.11. The second kappa shape index (κ2) is 9.45. The number of aromatic amines is 1. The number of fused-ring (bicyclic) bond motifs is 1. The molecule has 174 valence electrons. The highest BCUT2D eigenvalue weighted by Crippen LogP contribution is 2.29. The van der Waals surface area contributed by atoms with E-state index in [0.717, 1.165) is 4.90 Å². The SMILES string of the molecule is CCOC(=O)c1[nH]c2ccc(F)cc2c1NC(=O)[C@@H](C)[NH+]1CCN(C(=O)c2ccco2)CC1. The number of rotatable bonds is 6. The third-order valence-corrected chi connectivity index (χ3v) is 5.92. The maximum atomic E-state index is 13.9. The molecule has 3 N–H and O–H groups in total. The lowest BCUT2D eigenvalue weighted by Gasteiger charge is -2.34. The van der Waals surface area contributed by atoms with Gasteiger partial charge in [-0.05, 0) is 44.2 Å². The number of H-pyrrole nitrogens is 1. The van der Waals surface area contributed by atoms with Gasteiger partial charge in [-0.2, -0.15) is 0 Å². The normalized spacial score (nSPS) is 15.4. The van der Waals surface area contributed by atoms with Crippen LogP contribution in [0.1, 0.15) is 34.9 Å². The van der Waals surface area contributed by atoms with E-state index in [1.54, 1.807) is 30.9 Å². The predicted molar refractivity (Wildman–Crippen MR) is 118 cm³/mol. The van der Waals surface area contributed by atoms with Crippen LogP contribution in [0.15, 0.2) is 41.0 Å². The van der Waals surface area contributed by atoms with Crippen LogP contribution in [0.5, 0.6) is 0 Å². The molecule has 1 fully saturated rings. The summed E-state index contributed by atoms with van der Waals surface area (Å²) in [5.41, 5.74) is 0.785. The average Bonchev–Trinajstić information content (AvgIpc) is 3.47. The molecular formula is C23H26FN4O5+. The number of furan rings is 1. The van der Waals surface area contributed by atoms with Crippen LogP contribution in [0.25, 0.3) is 10.9 Å². The molecule has 3 heterocycles. The first-order valence-corrected chi connectivity index (χ1v) is 10.9. The second-order valence-corrected chi connectivity index (χ2v) is 7.92. The highest BCUT2D eigenvalue weighted by atomic mass is 19.1. The molecule has 0 aliphatic carbocycles. The van der Waals surface area contributed by atoms with E-state index >= 15 is 0 Å². The fourth-order valence-corrected chi connectivity index (χ4v) is 4.05. The first-order chi connectivity index (χ1) is 15.9. The minimum Gasteiger partial charge on any atom is -0.461 e. The van der Waals surface area contributed by atoms with E-state index in [4.69, 9.17) is 9.15 Å². The van der Waals surface area contributed by atoms with Crippen LogP contribution < -0.4 is 10.2 Å². The Labute approximate surface area is 189 Å². The molecule has 0 bridgehead atoms. The van der Waals surface area contributed by atoms with Crippen LogP contribution in [0, 0.1) is 5.82 Å². The Balaban J connectivity index is 1.47. The molecule has 1 saturated heterocycles. The molecule has 10 heteroatoms. The summed E-state index contributed by atoms with van der Waals surface area (Å²) in [6.45, 7) is 5.76. The maximum Gasteiger partial charge on any atom is 0.356 e. The van der Waals surface area contributed by atoms with Crippen LogP contribution >= 0.6 is 0 Å². The van der Waals surface area contributed by atoms with Gasteiger partial charge in [-0.1, -0.05) is 0 Å². The number of carbonyl (C=O) groups is 3. The summed E-state index contributed by atoms with van der Waals surface area (Å²) >= 11 is 0. The number of nitrogens with zero attached hydrogens (tertiary/aromatic N) is 1. The third-order valence-electron chi connectivity index (χ3n) is 5.92. The Bertz CT molecular complexity index is 1170. The number of nitrogens with one attached hydrogen (secondary N) is 3. The Kier molecular flexibility index (Phi) is 6.45. The summed E-state index contributed by atoms with van der Waals surface area (Å²) in [4.78, 5) is 43.6. The van der Waals surface area contributed by atoms with Crippen molar-refractivity contribution in [1.82, 2.24) is 9.88 Å². The number of ether oxygens (including phenoxy) is 1. The zero-order valence-corrected chi connectivity index (χ0v) is 18.4. The van der Waals surface area contributed by atoms with Crippen molar-refractivity contribution < 1.29 is 32.8 Å². The number of anilines is 1. The number of aromatic nitrogens is 1. The van der Waals surface area contributed by atoms with Crippen molar-refractivity contribution in [3.63, 3.8) is 0 Å². The van der Waals surface area contributed by atoms with E-state index < -0.39 is 17.8 Å². The standard InChI is InChI=1S/C23H25FN4O5/c1-3-32-23(31)20-19(16-13-15(24)6-7-17(16)25-20)26-21(29)14(2)27-8-10-28(11-9-27)22(30)18-5-4-12-33-18/h4-7,12-14,25H,3,8-11H2,1-2H3,(H,26,29)/p+1/t14-/m1/s1. The molecule has 0 unspecified atom stereocenters. The molecule has 1 aliphatic heterocycles. The highest BCUT2D eigenvalue weighted by Gasteiger charge is 2.33. The van der Waals surface area contributed by atoms with Crippen LogP contribution in [-0.4, -0.2) is 66.5 Å². The van der Waals surface area contributed by atoms with Gasteiger partial charge < -0.3 is 29.3 Å². The van der Waals surface area contributed by atoms with Gasteiger partial charge in [0.2, 0.25) is 0 Å². The number of hydrogen-bond donors (Lipinski definition) is 3. The van der Waals surface area contributed by atoms with Crippen LogP contribution in [-0.2, 0) is 9.53 Å². The molecule has 9 nitrogen and oxygen atoms in total. The minimum atomic E-state index is -0.630. The van der Waals surface area contributed by atoms with E-state index in [0.29, 0.717) is 42.8 Å². The van der Waals surface area contributed by atoms with E-state index in [1.165, 1.54) is 24.5 Å². The van der Waals surface area contributed by atoms with Crippen molar-refractivity contribution in [3.05, 3.63) is 53.9 Å².